The van der Waals surface area contributed by atoms with E-state index in [2.05, 4.69) is 35.3 Å². The summed E-state index contributed by atoms with van der Waals surface area (Å²) in [5.41, 5.74) is 9.10. The minimum absolute atomic E-state index is 0.385. The van der Waals surface area contributed by atoms with Crippen LogP contribution in [0, 0.1) is 0 Å². The van der Waals surface area contributed by atoms with Gasteiger partial charge in [0.25, 0.3) is 0 Å². The maximum absolute atomic E-state index is 5.76. The molecule has 1 aliphatic heterocycles. The van der Waals surface area contributed by atoms with Gasteiger partial charge in [0.15, 0.2) is 0 Å². The van der Waals surface area contributed by atoms with E-state index in [-0.39, 0.29) is 0 Å². The van der Waals surface area contributed by atoms with E-state index in [4.69, 9.17) is 10.3 Å². The molecule has 1 aromatic heterocycles. The van der Waals surface area contributed by atoms with Crippen LogP contribution in [0.25, 0.3) is 11.1 Å². The maximum atomic E-state index is 5.76. The van der Waals surface area contributed by atoms with Crippen molar-refractivity contribution in [3.63, 3.8) is 0 Å². The number of hydrogen-bond donors (Lipinski definition) is 1. The molecule has 2 heterocycles. The highest BCUT2D eigenvalue weighted by molar-refractivity contribution is 5.72. The lowest BCUT2D eigenvalue weighted by Gasteiger charge is -2.11. The first-order chi connectivity index (χ1) is 8.74. The largest absolute Gasteiger partial charge is 0.367 e. The van der Waals surface area contributed by atoms with Crippen molar-refractivity contribution in [3.05, 3.63) is 36.0 Å². The molecule has 18 heavy (non-hydrogen) atoms. The first kappa shape index (κ1) is 11.3. The zero-order chi connectivity index (χ0) is 12.5. The number of hydrogen-bond acceptors (Lipinski definition) is 4. The standard InChI is InChI=1S/C14H17N3O/c1-17-6-5-12(9-17)10-3-2-4-11(7-10)13-8-16-18-14(13)15/h2-4,7-8,12H,5-6,9,15H2,1H3. The van der Waals surface area contributed by atoms with Crippen LogP contribution in [0.15, 0.2) is 35.0 Å². The molecule has 3 rings (SSSR count). The van der Waals surface area contributed by atoms with E-state index in [1.165, 1.54) is 18.5 Å². The fourth-order valence-electron chi connectivity index (χ4n) is 2.63. The van der Waals surface area contributed by atoms with Crippen LogP contribution in [0.3, 0.4) is 0 Å². The summed E-state index contributed by atoms with van der Waals surface area (Å²) in [7, 11) is 2.17. The third-order valence-corrected chi connectivity index (χ3v) is 3.66. The maximum Gasteiger partial charge on any atom is 0.229 e. The van der Waals surface area contributed by atoms with Gasteiger partial charge in [-0.25, -0.2) is 0 Å². The normalized spacial score (nSPS) is 20.4. The van der Waals surface area contributed by atoms with E-state index >= 15 is 0 Å². The van der Waals surface area contributed by atoms with E-state index in [1.807, 2.05) is 6.07 Å². The monoisotopic (exact) mass is 243 g/mol. The zero-order valence-corrected chi connectivity index (χ0v) is 10.5. The number of anilines is 1. The molecule has 0 aliphatic carbocycles. The quantitative estimate of drug-likeness (QED) is 0.879. The fourth-order valence-corrected chi connectivity index (χ4v) is 2.63. The van der Waals surface area contributed by atoms with Gasteiger partial charge >= 0.3 is 0 Å². The lowest BCUT2D eigenvalue weighted by molar-refractivity contribution is 0.411. The summed E-state index contributed by atoms with van der Waals surface area (Å²) >= 11 is 0. The van der Waals surface area contributed by atoms with Gasteiger partial charge in [-0.1, -0.05) is 29.4 Å². The summed E-state index contributed by atoms with van der Waals surface area (Å²) < 4.78 is 4.92. The third kappa shape index (κ3) is 1.99. The number of likely N-dealkylation sites (tertiary alicyclic amines) is 1. The van der Waals surface area contributed by atoms with Crippen LogP contribution >= 0.6 is 0 Å². The first-order valence-electron chi connectivity index (χ1n) is 6.23. The highest BCUT2D eigenvalue weighted by Gasteiger charge is 2.21. The molecule has 1 unspecified atom stereocenters. The van der Waals surface area contributed by atoms with E-state index < -0.39 is 0 Å². The van der Waals surface area contributed by atoms with Gasteiger partial charge in [-0.3, -0.25) is 0 Å². The van der Waals surface area contributed by atoms with Gasteiger partial charge in [-0.2, -0.15) is 0 Å². The summed E-state index contributed by atoms with van der Waals surface area (Å²) in [6.45, 7) is 2.30. The number of nitrogens with two attached hydrogens (primary N) is 1. The number of likely N-dealkylation sites (N-methyl/N-ethyl adjacent to an activating group) is 1. The topological polar surface area (TPSA) is 55.3 Å². The Kier molecular flexibility index (Phi) is 2.80. The number of rotatable bonds is 2. The van der Waals surface area contributed by atoms with Crippen molar-refractivity contribution in [2.45, 2.75) is 12.3 Å². The number of aromatic nitrogens is 1. The van der Waals surface area contributed by atoms with E-state index in [0.717, 1.165) is 17.7 Å². The predicted octanol–water partition coefficient (Wildman–Crippen LogP) is 2.34. The highest BCUT2D eigenvalue weighted by atomic mass is 16.5. The molecule has 2 N–H and O–H groups in total. The van der Waals surface area contributed by atoms with Gasteiger partial charge in [-0.15, -0.1) is 0 Å². The van der Waals surface area contributed by atoms with Gasteiger partial charge in [0.1, 0.15) is 0 Å². The third-order valence-electron chi connectivity index (χ3n) is 3.66. The van der Waals surface area contributed by atoms with Crippen molar-refractivity contribution in [2.24, 2.45) is 0 Å². The van der Waals surface area contributed by atoms with Crippen molar-refractivity contribution in [1.82, 2.24) is 10.1 Å². The van der Waals surface area contributed by atoms with Crippen molar-refractivity contribution in [3.8, 4) is 11.1 Å². The Morgan fingerprint density at radius 3 is 3.00 bits per heavy atom. The minimum atomic E-state index is 0.385. The van der Waals surface area contributed by atoms with Crippen LogP contribution in [-0.4, -0.2) is 30.2 Å². The van der Waals surface area contributed by atoms with E-state index in [9.17, 15) is 0 Å². The summed E-state index contributed by atoms with van der Waals surface area (Å²) in [5, 5.41) is 3.73. The molecule has 1 saturated heterocycles. The van der Waals surface area contributed by atoms with Crippen LogP contribution in [0.4, 0.5) is 5.88 Å². The van der Waals surface area contributed by atoms with Gasteiger partial charge in [0, 0.05) is 6.54 Å². The van der Waals surface area contributed by atoms with Crippen molar-refractivity contribution < 1.29 is 4.52 Å². The molecular weight excluding hydrogens is 226 g/mol. The van der Waals surface area contributed by atoms with Gasteiger partial charge in [-0.05, 0) is 37.1 Å². The fraction of sp³-hybridized carbons (Fsp3) is 0.357. The van der Waals surface area contributed by atoms with Crippen molar-refractivity contribution in [2.75, 3.05) is 25.9 Å². The Morgan fingerprint density at radius 2 is 2.33 bits per heavy atom. The SMILES string of the molecule is CN1CCC(c2cccc(-c3cnoc3N)c2)C1. The van der Waals surface area contributed by atoms with Gasteiger partial charge < -0.3 is 15.2 Å². The first-order valence-corrected chi connectivity index (χ1v) is 6.23. The van der Waals surface area contributed by atoms with Crippen LogP contribution in [0.2, 0.25) is 0 Å². The summed E-state index contributed by atoms with van der Waals surface area (Å²) in [6, 6.07) is 8.52. The van der Waals surface area contributed by atoms with Crippen LogP contribution in [0.1, 0.15) is 17.9 Å². The molecule has 1 aliphatic rings. The summed E-state index contributed by atoms with van der Waals surface area (Å²) in [4.78, 5) is 2.37. The molecule has 94 valence electrons. The summed E-state index contributed by atoms with van der Waals surface area (Å²) in [5.74, 6) is 1.01. The van der Waals surface area contributed by atoms with Crippen LogP contribution < -0.4 is 5.73 Å². The second kappa shape index (κ2) is 4.46. The number of nitrogen functional groups attached to an aromatic ring is 1. The van der Waals surface area contributed by atoms with Gasteiger partial charge in [0.2, 0.25) is 5.88 Å². The van der Waals surface area contributed by atoms with Crippen molar-refractivity contribution >= 4 is 5.88 Å². The summed E-state index contributed by atoms with van der Waals surface area (Å²) in [6.07, 6.45) is 2.90. The molecule has 0 radical (unpaired) electrons. The molecular formula is C14H17N3O. The second-order valence-electron chi connectivity index (χ2n) is 4.98. The van der Waals surface area contributed by atoms with E-state index in [1.54, 1.807) is 6.20 Å². The Hall–Kier alpha value is -1.81. The minimum Gasteiger partial charge on any atom is -0.367 e. The second-order valence-corrected chi connectivity index (χ2v) is 4.98. The molecule has 0 spiro atoms. The average molecular weight is 243 g/mol. The molecule has 4 nitrogen and oxygen atoms in total. The molecule has 2 aromatic rings. The molecule has 4 heteroatoms. The van der Waals surface area contributed by atoms with Crippen molar-refractivity contribution in [1.29, 1.82) is 0 Å². The Balaban J connectivity index is 1.92. The lowest BCUT2D eigenvalue weighted by Crippen LogP contribution is -2.13. The van der Waals surface area contributed by atoms with Gasteiger partial charge in [0.05, 0.1) is 11.8 Å². The molecule has 0 amide bonds. The molecule has 1 atom stereocenters. The Labute approximate surface area is 106 Å². The Bertz CT molecular complexity index is 549. The average Bonchev–Trinajstić information content (AvgIpc) is 2.98. The molecule has 1 fully saturated rings. The smallest absolute Gasteiger partial charge is 0.229 e. The number of benzene rings is 1. The number of nitrogens with zero attached hydrogens (tertiary/aromatic N) is 2. The molecule has 0 bridgehead atoms. The molecule has 0 saturated carbocycles. The van der Waals surface area contributed by atoms with E-state index in [0.29, 0.717) is 11.8 Å². The zero-order valence-electron chi connectivity index (χ0n) is 10.5. The molecule has 1 aromatic carbocycles. The lowest BCUT2D eigenvalue weighted by atomic mass is 9.95. The highest BCUT2D eigenvalue weighted by Crippen LogP contribution is 2.31. The van der Waals surface area contributed by atoms with Crippen LogP contribution in [-0.2, 0) is 0 Å². The predicted molar refractivity (Wildman–Crippen MR) is 71.2 cm³/mol. The Morgan fingerprint density at radius 1 is 1.44 bits per heavy atom. The van der Waals surface area contributed by atoms with Crippen LogP contribution in [0.5, 0.6) is 0 Å².